The monoisotopic (exact) mass is 205 g/mol. The standard InChI is InChI=1S/C11H15N3O/c1-7(2)10-8(3)12-11(15-10)9-5-6-14(4)13-9/h5-7H,1-4H3. The summed E-state index contributed by atoms with van der Waals surface area (Å²) < 4.78 is 7.43. The Hall–Kier alpha value is -1.58. The summed E-state index contributed by atoms with van der Waals surface area (Å²) in [7, 11) is 1.88. The third-order valence-electron chi connectivity index (χ3n) is 2.29. The van der Waals surface area contributed by atoms with Crippen molar-refractivity contribution in [2.24, 2.45) is 7.05 Å². The lowest BCUT2D eigenvalue weighted by Crippen LogP contribution is -1.87. The van der Waals surface area contributed by atoms with Crippen molar-refractivity contribution < 1.29 is 4.42 Å². The lowest BCUT2D eigenvalue weighted by atomic mass is 10.1. The van der Waals surface area contributed by atoms with E-state index in [9.17, 15) is 0 Å². The van der Waals surface area contributed by atoms with Crippen LogP contribution in [-0.2, 0) is 7.05 Å². The zero-order chi connectivity index (χ0) is 11.0. The van der Waals surface area contributed by atoms with Gasteiger partial charge in [-0.1, -0.05) is 13.8 Å². The molecule has 2 heterocycles. The number of aromatic nitrogens is 3. The zero-order valence-corrected chi connectivity index (χ0v) is 9.48. The minimum Gasteiger partial charge on any atom is -0.439 e. The van der Waals surface area contributed by atoms with Gasteiger partial charge in [0.2, 0.25) is 5.89 Å². The largest absolute Gasteiger partial charge is 0.439 e. The van der Waals surface area contributed by atoms with Crippen LogP contribution in [0.5, 0.6) is 0 Å². The van der Waals surface area contributed by atoms with Crippen molar-refractivity contribution in [3.05, 3.63) is 23.7 Å². The molecule has 0 radical (unpaired) electrons. The topological polar surface area (TPSA) is 43.9 Å². The zero-order valence-electron chi connectivity index (χ0n) is 9.48. The fourth-order valence-electron chi connectivity index (χ4n) is 1.58. The van der Waals surface area contributed by atoms with Crippen molar-refractivity contribution in [1.82, 2.24) is 14.8 Å². The van der Waals surface area contributed by atoms with Crippen LogP contribution in [0.25, 0.3) is 11.6 Å². The third kappa shape index (κ3) is 1.79. The van der Waals surface area contributed by atoms with Gasteiger partial charge >= 0.3 is 0 Å². The highest BCUT2D eigenvalue weighted by Gasteiger charge is 2.15. The van der Waals surface area contributed by atoms with E-state index in [0.717, 1.165) is 17.1 Å². The normalized spacial score (nSPS) is 11.3. The van der Waals surface area contributed by atoms with Gasteiger partial charge in [-0.05, 0) is 13.0 Å². The molecule has 4 heteroatoms. The van der Waals surface area contributed by atoms with Gasteiger partial charge in [-0.3, -0.25) is 4.68 Å². The molecule has 0 aromatic carbocycles. The summed E-state index contributed by atoms with van der Waals surface area (Å²) >= 11 is 0. The minimum absolute atomic E-state index is 0.356. The lowest BCUT2D eigenvalue weighted by molar-refractivity contribution is 0.490. The second-order valence-corrected chi connectivity index (χ2v) is 4.00. The molecule has 0 spiro atoms. The quantitative estimate of drug-likeness (QED) is 0.756. The average Bonchev–Trinajstić information content (AvgIpc) is 2.71. The Morgan fingerprint density at radius 2 is 2.13 bits per heavy atom. The van der Waals surface area contributed by atoms with Crippen LogP contribution in [0.15, 0.2) is 16.7 Å². The molecule has 0 saturated heterocycles. The van der Waals surface area contributed by atoms with E-state index in [1.807, 2.05) is 26.2 Å². The molecule has 2 aromatic heterocycles. The molecule has 2 rings (SSSR count). The SMILES string of the molecule is Cc1nc(-c2ccn(C)n2)oc1C(C)C. The third-order valence-corrected chi connectivity index (χ3v) is 2.29. The fraction of sp³-hybridized carbons (Fsp3) is 0.455. The highest BCUT2D eigenvalue weighted by molar-refractivity contribution is 5.46. The van der Waals surface area contributed by atoms with Gasteiger partial charge in [0, 0.05) is 19.2 Å². The molecular formula is C11H15N3O. The number of hydrogen-bond acceptors (Lipinski definition) is 3. The summed E-state index contributed by atoms with van der Waals surface area (Å²) in [5, 5.41) is 4.26. The van der Waals surface area contributed by atoms with Crippen LogP contribution in [0.4, 0.5) is 0 Å². The van der Waals surface area contributed by atoms with Crippen LogP contribution in [-0.4, -0.2) is 14.8 Å². The second-order valence-electron chi connectivity index (χ2n) is 4.00. The summed E-state index contributed by atoms with van der Waals surface area (Å²) in [6.45, 7) is 6.15. The molecular weight excluding hydrogens is 190 g/mol. The van der Waals surface area contributed by atoms with Gasteiger partial charge in [0.25, 0.3) is 0 Å². The Bertz CT molecular complexity index is 468. The van der Waals surface area contributed by atoms with Crippen LogP contribution < -0.4 is 0 Å². The van der Waals surface area contributed by atoms with Crippen molar-refractivity contribution in [3.8, 4) is 11.6 Å². The van der Waals surface area contributed by atoms with Crippen molar-refractivity contribution in [2.75, 3.05) is 0 Å². The number of nitrogens with zero attached hydrogens (tertiary/aromatic N) is 3. The highest BCUT2D eigenvalue weighted by atomic mass is 16.4. The molecule has 0 amide bonds. The van der Waals surface area contributed by atoms with Gasteiger partial charge in [-0.15, -0.1) is 0 Å². The van der Waals surface area contributed by atoms with Crippen molar-refractivity contribution in [3.63, 3.8) is 0 Å². The van der Waals surface area contributed by atoms with Gasteiger partial charge in [-0.25, -0.2) is 4.98 Å². The summed E-state index contributed by atoms with van der Waals surface area (Å²) in [4.78, 5) is 4.37. The Morgan fingerprint density at radius 1 is 1.40 bits per heavy atom. The summed E-state index contributed by atoms with van der Waals surface area (Å²) in [5.74, 6) is 1.91. The lowest BCUT2D eigenvalue weighted by Gasteiger charge is -1.98. The Morgan fingerprint density at radius 3 is 2.60 bits per heavy atom. The van der Waals surface area contributed by atoms with E-state index >= 15 is 0 Å². The first-order valence-corrected chi connectivity index (χ1v) is 5.05. The van der Waals surface area contributed by atoms with E-state index in [-0.39, 0.29) is 0 Å². The molecule has 0 aliphatic rings. The van der Waals surface area contributed by atoms with E-state index in [1.54, 1.807) is 4.68 Å². The molecule has 0 unspecified atom stereocenters. The van der Waals surface area contributed by atoms with Gasteiger partial charge in [0.05, 0.1) is 5.69 Å². The first kappa shape index (κ1) is 9.96. The summed E-state index contributed by atoms with van der Waals surface area (Å²) in [5.41, 5.74) is 1.73. The van der Waals surface area contributed by atoms with Crippen LogP contribution >= 0.6 is 0 Å². The molecule has 0 bridgehead atoms. The van der Waals surface area contributed by atoms with E-state index in [2.05, 4.69) is 23.9 Å². The number of hydrogen-bond donors (Lipinski definition) is 0. The molecule has 0 atom stereocenters. The van der Waals surface area contributed by atoms with E-state index in [4.69, 9.17) is 4.42 Å². The fourth-order valence-corrected chi connectivity index (χ4v) is 1.58. The molecule has 15 heavy (non-hydrogen) atoms. The van der Waals surface area contributed by atoms with Crippen LogP contribution in [0.2, 0.25) is 0 Å². The molecule has 0 fully saturated rings. The maximum Gasteiger partial charge on any atom is 0.247 e. The number of aryl methyl sites for hydroxylation is 2. The molecule has 4 nitrogen and oxygen atoms in total. The van der Waals surface area contributed by atoms with E-state index in [0.29, 0.717) is 11.8 Å². The molecule has 0 N–H and O–H groups in total. The average molecular weight is 205 g/mol. The highest BCUT2D eigenvalue weighted by Crippen LogP contribution is 2.25. The first-order chi connectivity index (χ1) is 7.08. The second kappa shape index (κ2) is 3.53. The smallest absolute Gasteiger partial charge is 0.247 e. The summed E-state index contributed by atoms with van der Waals surface area (Å²) in [6, 6.07) is 1.90. The molecule has 0 saturated carbocycles. The van der Waals surface area contributed by atoms with Crippen molar-refractivity contribution in [2.45, 2.75) is 26.7 Å². The van der Waals surface area contributed by atoms with E-state index < -0.39 is 0 Å². The van der Waals surface area contributed by atoms with Crippen LogP contribution in [0.1, 0.15) is 31.2 Å². The minimum atomic E-state index is 0.356. The van der Waals surface area contributed by atoms with Crippen molar-refractivity contribution in [1.29, 1.82) is 0 Å². The van der Waals surface area contributed by atoms with E-state index in [1.165, 1.54) is 0 Å². The van der Waals surface area contributed by atoms with Crippen LogP contribution in [0, 0.1) is 6.92 Å². The van der Waals surface area contributed by atoms with Crippen LogP contribution in [0.3, 0.4) is 0 Å². The molecule has 0 aliphatic heterocycles. The number of rotatable bonds is 2. The molecule has 0 aliphatic carbocycles. The predicted molar refractivity (Wildman–Crippen MR) is 57.5 cm³/mol. The first-order valence-electron chi connectivity index (χ1n) is 5.05. The maximum atomic E-state index is 5.69. The number of oxazole rings is 1. The Labute approximate surface area is 88.9 Å². The predicted octanol–water partition coefficient (Wildman–Crippen LogP) is 2.51. The van der Waals surface area contributed by atoms with Gasteiger partial charge in [0.15, 0.2) is 0 Å². The summed E-state index contributed by atoms with van der Waals surface area (Å²) in [6.07, 6.45) is 1.88. The maximum absolute atomic E-state index is 5.69. The molecule has 80 valence electrons. The van der Waals surface area contributed by atoms with Gasteiger partial charge in [0.1, 0.15) is 11.5 Å². The van der Waals surface area contributed by atoms with Gasteiger partial charge < -0.3 is 4.42 Å². The Kier molecular flexibility index (Phi) is 2.34. The van der Waals surface area contributed by atoms with Gasteiger partial charge in [-0.2, -0.15) is 5.10 Å². The Balaban J connectivity index is 2.42. The van der Waals surface area contributed by atoms with Crippen molar-refractivity contribution >= 4 is 0 Å². The molecule has 2 aromatic rings.